The maximum absolute atomic E-state index is 11.5. The molecule has 3 heteroatoms. The maximum Gasteiger partial charge on any atom is 0.250 e. The number of likely N-dealkylation sites (N-methyl/N-ethyl adjacent to an activating group) is 1. The molecule has 1 aromatic rings. The van der Waals surface area contributed by atoms with Gasteiger partial charge in [-0.2, -0.15) is 0 Å². The normalized spacial score (nSPS) is 10.5. The molecule has 0 fully saturated rings. The van der Waals surface area contributed by atoms with E-state index in [2.05, 4.69) is 0 Å². The van der Waals surface area contributed by atoms with Crippen LogP contribution in [0.1, 0.15) is 6.92 Å². The van der Waals surface area contributed by atoms with Gasteiger partial charge in [0.25, 0.3) is 0 Å². The lowest BCUT2D eigenvalue weighted by Gasteiger charge is -2.16. The Morgan fingerprint density at radius 2 is 2.07 bits per heavy atom. The fourth-order valence-electron chi connectivity index (χ4n) is 1.10. The molecule has 2 nitrogen and oxygen atoms in total. The Balaban J connectivity index is 2.95. The van der Waals surface area contributed by atoms with Crippen LogP contribution >= 0.6 is 11.6 Å². The molecule has 0 aromatic heterocycles. The lowest BCUT2D eigenvalue weighted by molar-refractivity contribution is -0.113. The Bertz CT molecular complexity index is 360. The number of rotatable bonds is 2. The third-order valence-electron chi connectivity index (χ3n) is 1.85. The average Bonchev–Trinajstić information content (AvgIpc) is 2.18. The summed E-state index contributed by atoms with van der Waals surface area (Å²) in [7, 11) is 1.70. The van der Waals surface area contributed by atoms with E-state index in [4.69, 9.17) is 11.6 Å². The van der Waals surface area contributed by atoms with Gasteiger partial charge in [-0.05, 0) is 25.1 Å². The van der Waals surface area contributed by atoms with Gasteiger partial charge in [0.15, 0.2) is 0 Å². The number of halogens is 1. The number of hydrogen-bond donors (Lipinski definition) is 0. The van der Waals surface area contributed by atoms with Crippen LogP contribution in [0.25, 0.3) is 0 Å². The minimum atomic E-state index is -0.0828. The molecule has 0 radical (unpaired) electrons. The SMILES string of the molecule is CC=CC(=O)N(C)c1ccccc1Cl. The largest absolute Gasteiger partial charge is 0.310 e. The van der Waals surface area contributed by atoms with Crippen molar-refractivity contribution < 1.29 is 4.79 Å². The molecule has 0 aliphatic rings. The summed E-state index contributed by atoms with van der Waals surface area (Å²) in [5, 5.41) is 0.577. The van der Waals surface area contributed by atoms with E-state index in [1.54, 1.807) is 26.1 Å². The van der Waals surface area contributed by atoms with Crippen LogP contribution in [0, 0.1) is 0 Å². The van der Waals surface area contributed by atoms with Crippen molar-refractivity contribution in [3.05, 3.63) is 41.4 Å². The predicted octanol–water partition coefficient (Wildman–Crippen LogP) is 2.88. The Morgan fingerprint density at radius 1 is 1.43 bits per heavy atom. The van der Waals surface area contributed by atoms with Gasteiger partial charge in [-0.15, -0.1) is 0 Å². The van der Waals surface area contributed by atoms with Gasteiger partial charge in [-0.25, -0.2) is 0 Å². The first kappa shape index (κ1) is 10.8. The summed E-state index contributed by atoms with van der Waals surface area (Å²) < 4.78 is 0. The van der Waals surface area contributed by atoms with Crippen LogP contribution in [0.5, 0.6) is 0 Å². The molecule has 0 atom stereocenters. The van der Waals surface area contributed by atoms with Crippen LogP contribution in [0.2, 0.25) is 5.02 Å². The highest BCUT2D eigenvalue weighted by atomic mass is 35.5. The van der Waals surface area contributed by atoms with Gasteiger partial charge in [0.05, 0.1) is 10.7 Å². The number of para-hydroxylation sites is 1. The molecule has 74 valence electrons. The maximum atomic E-state index is 11.5. The van der Waals surface area contributed by atoms with E-state index < -0.39 is 0 Å². The van der Waals surface area contributed by atoms with Crippen LogP contribution in [-0.4, -0.2) is 13.0 Å². The first-order valence-electron chi connectivity index (χ1n) is 4.31. The lowest BCUT2D eigenvalue weighted by atomic mass is 10.3. The van der Waals surface area contributed by atoms with Gasteiger partial charge in [-0.3, -0.25) is 4.79 Å². The Hall–Kier alpha value is -1.28. The highest BCUT2D eigenvalue weighted by Crippen LogP contribution is 2.23. The van der Waals surface area contributed by atoms with Crippen LogP contribution in [0.4, 0.5) is 5.69 Å². The molecule has 1 amide bonds. The molecule has 0 saturated heterocycles. The molecule has 1 aromatic carbocycles. The summed E-state index contributed by atoms with van der Waals surface area (Å²) in [5.41, 5.74) is 0.720. The van der Waals surface area contributed by atoms with E-state index >= 15 is 0 Å². The van der Waals surface area contributed by atoms with Crippen molar-refractivity contribution in [1.82, 2.24) is 0 Å². The molecular weight excluding hydrogens is 198 g/mol. The number of hydrogen-bond acceptors (Lipinski definition) is 1. The summed E-state index contributed by atoms with van der Waals surface area (Å²) in [4.78, 5) is 13.0. The van der Waals surface area contributed by atoms with Crippen LogP contribution < -0.4 is 4.90 Å². The van der Waals surface area contributed by atoms with Crippen molar-refractivity contribution in [1.29, 1.82) is 0 Å². The van der Waals surface area contributed by atoms with Crippen molar-refractivity contribution in [2.75, 3.05) is 11.9 Å². The lowest BCUT2D eigenvalue weighted by Crippen LogP contribution is -2.24. The second kappa shape index (κ2) is 4.82. The van der Waals surface area contributed by atoms with Crippen LogP contribution in [-0.2, 0) is 4.79 Å². The standard InChI is InChI=1S/C11H12ClNO/c1-3-6-11(14)13(2)10-8-5-4-7-9(10)12/h3-8H,1-2H3. The van der Waals surface area contributed by atoms with Crippen LogP contribution in [0.15, 0.2) is 36.4 Å². The quantitative estimate of drug-likeness (QED) is 0.686. The Morgan fingerprint density at radius 3 is 2.64 bits per heavy atom. The molecule has 0 aliphatic heterocycles. The first-order chi connectivity index (χ1) is 6.66. The van der Waals surface area contributed by atoms with Gasteiger partial charge in [-0.1, -0.05) is 29.8 Å². The molecule has 0 N–H and O–H groups in total. The summed E-state index contributed by atoms with van der Waals surface area (Å²) >= 11 is 5.95. The van der Waals surface area contributed by atoms with E-state index in [9.17, 15) is 4.79 Å². The molecule has 1 rings (SSSR count). The molecule has 0 heterocycles. The minimum Gasteiger partial charge on any atom is -0.310 e. The van der Waals surface area contributed by atoms with Gasteiger partial charge in [0, 0.05) is 7.05 Å². The molecule has 0 saturated carbocycles. The minimum absolute atomic E-state index is 0.0828. The second-order valence-electron chi connectivity index (χ2n) is 2.85. The van der Waals surface area contributed by atoms with E-state index in [1.165, 1.54) is 11.0 Å². The second-order valence-corrected chi connectivity index (χ2v) is 3.26. The van der Waals surface area contributed by atoms with Crippen molar-refractivity contribution in [2.24, 2.45) is 0 Å². The van der Waals surface area contributed by atoms with Crippen molar-refractivity contribution in [2.45, 2.75) is 6.92 Å². The van der Waals surface area contributed by atoms with E-state index in [0.29, 0.717) is 5.02 Å². The van der Waals surface area contributed by atoms with E-state index in [-0.39, 0.29) is 5.91 Å². The first-order valence-corrected chi connectivity index (χ1v) is 4.69. The van der Waals surface area contributed by atoms with Crippen molar-refractivity contribution in [3.8, 4) is 0 Å². The molecular formula is C11H12ClNO. The molecule has 0 aliphatic carbocycles. The number of carbonyl (C=O) groups excluding carboxylic acids is 1. The van der Waals surface area contributed by atoms with E-state index in [0.717, 1.165) is 5.69 Å². The molecule has 0 spiro atoms. The topological polar surface area (TPSA) is 20.3 Å². The van der Waals surface area contributed by atoms with Crippen molar-refractivity contribution in [3.63, 3.8) is 0 Å². The van der Waals surface area contributed by atoms with E-state index in [1.807, 2.05) is 18.2 Å². The number of amides is 1. The summed E-state index contributed by atoms with van der Waals surface area (Å²) in [5.74, 6) is -0.0828. The monoisotopic (exact) mass is 209 g/mol. The van der Waals surface area contributed by atoms with Gasteiger partial charge in [0.2, 0.25) is 5.91 Å². The summed E-state index contributed by atoms with van der Waals surface area (Å²) in [6, 6.07) is 7.25. The predicted molar refractivity (Wildman–Crippen MR) is 59.7 cm³/mol. The highest BCUT2D eigenvalue weighted by Gasteiger charge is 2.09. The number of nitrogens with zero attached hydrogens (tertiary/aromatic N) is 1. The number of benzene rings is 1. The zero-order chi connectivity index (χ0) is 10.6. The van der Waals surface area contributed by atoms with Gasteiger partial charge >= 0.3 is 0 Å². The van der Waals surface area contributed by atoms with Gasteiger partial charge < -0.3 is 4.90 Å². The summed E-state index contributed by atoms with van der Waals surface area (Å²) in [6.45, 7) is 1.80. The fourth-order valence-corrected chi connectivity index (χ4v) is 1.36. The zero-order valence-corrected chi connectivity index (χ0v) is 8.95. The third kappa shape index (κ3) is 2.36. The molecule has 14 heavy (non-hydrogen) atoms. The third-order valence-corrected chi connectivity index (χ3v) is 2.17. The van der Waals surface area contributed by atoms with Crippen molar-refractivity contribution >= 4 is 23.2 Å². The fraction of sp³-hybridized carbons (Fsp3) is 0.182. The van der Waals surface area contributed by atoms with Crippen LogP contribution in [0.3, 0.4) is 0 Å². The Kier molecular flexibility index (Phi) is 3.72. The average molecular weight is 210 g/mol. The Labute approximate surface area is 88.8 Å². The summed E-state index contributed by atoms with van der Waals surface area (Å²) in [6.07, 6.45) is 3.21. The number of allylic oxidation sites excluding steroid dienone is 1. The smallest absolute Gasteiger partial charge is 0.250 e. The molecule has 0 unspecified atom stereocenters. The molecule has 0 bridgehead atoms. The highest BCUT2D eigenvalue weighted by molar-refractivity contribution is 6.33. The van der Waals surface area contributed by atoms with Gasteiger partial charge in [0.1, 0.15) is 0 Å². The number of anilines is 1. The zero-order valence-electron chi connectivity index (χ0n) is 8.20. The number of carbonyl (C=O) groups is 1.